The molecule has 2 aliphatic rings. The number of aromatic nitrogens is 2. The number of aliphatic carboxylic acids is 1. The largest absolute Gasteiger partial charge is 0.507 e. The molecule has 1 saturated carbocycles. The van der Waals surface area contributed by atoms with Crippen LogP contribution in [0.25, 0.3) is 11.3 Å². The molecule has 2 fully saturated rings. The van der Waals surface area contributed by atoms with E-state index in [-0.39, 0.29) is 11.9 Å². The van der Waals surface area contributed by atoms with Crippen LogP contribution in [0.15, 0.2) is 36.5 Å². The minimum atomic E-state index is -1.07. The van der Waals surface area contributed by atoms with Crippen molar-refractivity contribution in [3.05, 3.63) is 36.5 Å². The predicted molar refractivity (Wildman–Crippen MR) is 95.1 cm³/mol. The molecule has 7 nitrogen and oxygen atoms in total. The standard InChI is InChI=1S/C19H21N3O4/c23-17-4-2-1-3-15(17)16-11-13(12-20-21-16)22-9-7-19(8-10-22,18(24)25)26-14-5-6-14/h1-4,11-12,14,23H,5-10H2,(H,24,25). The Kier molecular flexibility index (Phi) is 4.24. The van der Waals surface area contributed by atoms with Crippen LogP contribution in [0.1, 0.15) is 25.7 Å². The van der Waals surface area contributed by atoms with Gasteiger partial charge >= 0.3 is 5.97 Å². The van der Waals surface area contributed by atoms with Gasteiger partial charge in [0.05, 0.1) is 23.7 Å². The lowest BCUT2D eigenvalue weighted by molar-refractivity contribution is -0.171. The third-order valence-electron chi connectivity index (χ3n) is 5.06. The third kappa shape index (κ3) is 3.22. The number of nitrogens with zero attached hydrogens (tertiary/aromatic N) is 3. The first kappa shape index (κ1) is 16.8. The Balaban J connectivity index is 1.52. The third-order valence-corrected chi connectivity index (χ3v) is 5.06. The first-order valence-corrected chi connectivity index (χ1v) is 8.85. The van der Waals surface area contributed by atoms with E-state index in [0.29, 0.717) is 37.2 Å². The highest BCUT2D eigenvalue weighted by Gasteiger charge is 2.46. The maximum absolute atomic E-state index is 11.8. The fourth-order valence-corrected chi connectivity index (χ4v) is 3.36. The fraction of sp³-hybridized carbons (Fsp3) is 0.421. The zero-order valence-corrected chi connectivity index (χ0v) is 14.3. The van der Waals surface area contributed by atoms with E-state index in [0.717, 1.165) is 18.5 Å². The van der Waals surface area contributed by atoms with Crippen molar-refractivity contribution in [2.75, 3.05) is 18.0 Å². The van der Waals surface area contributed by atoms with E-state index in [9.17, 15) is 15.0 Å². The lowest BCUT2D eigenvalue weighted by atomic mass is 9.91. The Morgan fingerprint density at radius 2 is 1.96 bits per heavy atom. The summed E-state index contributed by atoms with van der Waals surface area (Å²) in [6, 6.07) is 8.86. The first-order chi connectivity index (χ1) is 12.6. The van der Waals surface area contributed by atoms with Gasteiger partial charge in [-0.3, -0.25) is 0 Å². The average molecular weight is 355 g/mol. The fourth-order valence-electron chi connectivity index (χ4n) is 3.36. The minimum absolute atomic E-state index is 0.105. The zero-order valence-electron chi connectivity index (χ0n) is 14.3. The highest BCUT2D eigenvalue weighted by molar-refractivity contribution is 5.78. The van der Waals surface area contributed by atoms with Gasteiger partial charge in [0.2, 0.25) is 0 Å². The number of piperidine rings is 1. The molecule has 2 N–H and O–H groups in total. The van der Waals surface area contributed by atoms with Crippen molar-refractivity contribution in [1.29, 1.82) is 0 Å². The van der Waals surface area contributed by atoms with E-state index in [1.807, 2.05) is 12.1 Å². The molecule has 0 radical (unpaired) electrons. The average Bonchev–Trinajstić information content (AvgIpc) is 3.46. The van der Waals surface area contributed by atoms with Gasteiger partial charge in [0.1, 0.15) is 5.75 Å². The summed E-state index contributed by atoms with van der Waals surface area (Å²) < 4.78 is 5.86. The molecule has 1 aromatic carbocycles. The van der Waals surface area contributed by atoms with Gasteiger partial charge < -0.3 is 19.8 Å². The van der Waals surface area contributed by atoms with Gasteiger partial charge in [-0.15, -0.1) is 0 Å². The molecule has 7 heteroatoms. The molecule has 26 heavy (non-hydrogen) atoms. The Bertz CT molecular complexity index is 814. The number of hydrogen-bond acceptors (Lipinski definition) is 6. The lowest BCUT2D eigenvalue weighted by Gasteiger charge is -2.39. The van der Waals surface area contributed by atoms with Gasteiger partial charge in [0, 0.05) is 31.5 Å². The maximum atomic E-state index is 11.8. The summed E-state index contributed by atoms with van der Waals surface area (Å²) in [4.78, 5) is 13.9. The minimum Gasteiger partial charge on any atom is -0.507 e. The normalized spacial score (nSPS) is 19.3. The number of carboxylic acid groups (broad SMARTS) is 1. The number of carboxylic acids is 1. The number of carbonyl (C=O) groups is 1. The van der Waals surface area contributed by atoms with Gasteiger partial charge in [-0.05, 0) is 31.0 Å². The van der Waals surface area contributed by atoms with Gasteiger partial charge in [0.25, 0.3) is 0 Å². The Hall–Kier alpha value is -2.67. The molecule has 0 spiro atoms. The summed E-state index contributed by atoms with van der Waals surface area (Å²) in [7, 11) is 0. The van der Waals surface area contributed by atoms with Gasteiger partial charge in [-0.1, -0.05) is 12.1 Å². The van der Waals surface area contributed by atoms with Crippen LogP contribution < -0.4 is 4.90 Å². The molecule has 0 amide bonds. The monoisotopic (exact) mass is 355 g/mol. The first-order valence-electron chi connectivity index (χ1n) is 8.85. The molecule has 1 saturated heterocycles. The number of benzene rings is 1. The second-order valence-electron chi connectivity index (χ2n) is 6.92. The van der Waals surface area contributed by atoms with Crippen LogP contribution in [0.4, 0.5) is 5.69 Å². The number of hydrogen-bond donors (Lipinski definition) is 2. The van der Waals surface area contributed by atoms with Crippen LogP contribution in [0, 0.1) is 0 Å². The second kappa shape index (κ2) is 6.57. The molecule has 2 heterocycles. The SMILES string of the molecule is O=C(O)C1(OC2CC2)CCN(c2cnnc(-c3ccccc3O)c2)CC1. The summed E-state index contributed by atoms with van der Waals surface area (Å²) in [5.41, 5.74) is 1.00. The number of phenols is 1. The van der Waals surface area contributed by atoms with Crippen LogP contribution in [0.2, 0.25) is 0 Å². The number of ether oxygens (including phenoxy) is 1. The smallest absolute Gasteiger partial charge is 0.336 e. The topological polar surface area (TPSA) is 95.8 Å². The highest BCUT2D eigenvalue weighted by Crippen LogP contribution is 2.37. The molecule has 2 aromatic rings. The van der Waals surface area contributed by atoms with Crippen molar-refractivity contribution in [3.63, 3.8) is 0 Å². The molecule has 1 aliphatic heterocycles. The van der Waals surface area contributed by atoms with E-state index in [1.165, 1.54) is 0 Å². The number of anilines is 1. The molecule has 1 aromatic heterocycles. The van der Waals surface area contributed by atoms with Crippen molar-refractivity contribution < 1.29 is 19.7 Å². The highest BCUT2D eigenvalue weighted by atomic mass is 16.5. The molecule has 4 rings (SSSR count). The van der Waals surface area contributed by atoms with Crippen LogP contribution in [0.5, 0.6) is 5.75 Å². The number of aromatic hydroxyl groups is 1. The van der Waals surface area contributed by atoms with Crippen molar-refractivity contribution in [2.24, 2.45) is 0 Å². The van der Waals surface area contributed by atoms with Gasteiger partial charge in [0.15, 0.2) is 5.60 Å². The Labute approximate surface area is 151 Å². The number of phenolic OH excluding ortho intramolecular Hbond substituents is 1. The van der Waals surface area contributed by atoms with E-state index >= 15 is 0 Å². The van der Waals surface area contributed by atoms with Crippen molar-refractivity contribution in [3.8, 4) is 17.0 Å². The summed E-state index contributed by atoms with van der Waals surface area (Å²) in [5.74, 6) is -0.716. The molecule has 0 unspecified atom stereocenters. The summed E-state index contributed by atoms with van der Waals surface area (Å²) in [6.45, 7) is 1.15. The molecule has 0 bridgehead atoms. The Morgan fingerprint density at radius 1 is 1.23 bits per heavy atom. The second-order valence-corrected chi connectivity index (χ2v) is 6.92. The maximum Gasteiger partial charge on any atom is 0.336 e. The van der Waals surface area contributed by atoms with E-state index in [2.05, 4.69) is 15.1 Å². The number of para-hydroxylation sites is 1. The van der Waals surface area contributed by atoms with Crippen molar-refractivity contribution in [2.45, 2.75) is 37.4 Å². The van der Waals surface area contributed by atoms with E-state index in [4.69, 9.17) is 4.74 Å². The lowest BCUT2D eigenvalue weighted by Crippen LogP contribution is -2.51. The zero-order chi connectivity index (χ0) is 18.1. The molecule has 136 valence electrons. The molecular weight excluding hydrogens is 334 g/mol. The van der Waals surface area contributed by atoms with Crippen molar-refractivity contribution in [1.82, 2.24) is 10.2 Å². The van der Waals surface area contributed by atoms with E-state index < -0.39 is 11.6 Å². The summed E-state index contributed by atoms with van der Waals surface area (Å²) in [6.07, 6.45) is 4.56. The van der Waals surface area contributed by atoms with Crippen LogP contribution in [-0.4, -0.2) is 51.2 Å². The van der Waals surface area contributed by atoms with Crippen LogP contribution >= 0.6 is 0 Å². The molecule has 0 atom stereocenters. The summed E-state index contributed by atoms with van der Waals surface area (Å²) in [5, 5.41) is 27.8. The van der Waals surface area contributed by atoms with Crippen LogP contribution in [0.3, 0.4) is 0 Å². The number of rotatable bonds is 5. The Morgan fingerprint density at radius 3 is 2.62 bits per heavy atom. The van der Waals surface area contributed by atoms with E-state index in [1.54, 1.807) is 24.4 Å². The van der Waals surface area contributed by atoms with Gasteiger partial charge in [-0.25, -0.2) is 4.79 Å². The molecule has 1 aliphatic carbocycles. The predicted octanol–water partition coefficient (Wildman–Crippen LogP) is 2.45. The molecular formula is C19H21N3O4. The van der Waals surface area contributed by atoms with Crippen molar-refractivity contribution >= 4 is 11.7 Å². The van der Waals surface area contributed by atoms with Crippen LogP contribution in [-0.2, 0) is 9.53 Å². The summed E-state index contributed by atoms with van der Waals surface area (Å²) >= 11 is 0. The van der Waals surface area contributed by atoms with Gasteiger partial charge in [-0.2, -0.15) is 10.2 Å². The quantitative estimate of drug-likeness (QED) is 0.850.